The van der Waals surface area contributed by atoms with Crippen LogP contribution >= 0.6 is 0 Å². The average molecular weight is 532 g/mol. The summed E-state index contributed by atoms with van der Waals surface area (Å²) in [5, 5.41) is 13.7. The first-order chi connectivity index (χ1) is 19.1. The number of nitrogens with one attached hydrogen (secondary N) is 1. The molecule has 0 spiro atoms. The molecule has 0 amide bonds. The number of nitrogens with zero attached hydrogens (tertiary/aromatic N) is 6. The molecule has 2 aromatic carbocycles. The average Bonchev–Trinajstić information content (AvgIpc) is 3.66. The highest BCUT2D eigenvalue weighted by Gasteiger charge is 2.33. The molecule has 11 nitrogen and oxygen atoms in total. The van der Waals surface area contributed by atoms with Gasteiger partial charge in [-0.15, -0.1) is 5.10 Å². The summed E-state index contributed by atoms with van der Waals surface area (Å²) in [6.45, 7) is 4.39. The van der Waals surface area contributed by atoms with Crippen molar-refractivity contribution in [1.29, 1.82) is 0 Å². The number of aromatic nitrogens is 5. The van der Waals surface area contributed by atoms with E-state index >= 15 is 0 Å². The molecule has 204 valence electrons. The second kappa shape index (κ2) is 11.0. The Morgan fingerprint density at radius 3 is 2.51 bits per heavy atom. The molecule has 6 rings (SSSR count). The molecule has 11 heteroatoms. The van der Waals surface area contributed by atoms with E-state index in [4.69, 9.17) is 14.2 Å². The molecular weight excluding hydrogens is 498 g/mol. The number of tetrazole rings is 1. The number of aromatic amines is 1. The van der Waals surface area contributed by atoms with Crippen LogP contribution in [0.2, 0.25) is 0 Å². The predicted octanol–water partition coefficient (Wildman–Crippen LogP) is 2.62. The number of fused-ring (bicyclic) bond motifs is 1. The first kappa shape index (κ1) is 25.3. The highest BCUT2D eigenvalue weighted by Crippen LogP contribution is 2.30. The van der Waals surface area contributed by atoms with Gasteiger partial charge in [-0.05, 0) is 71.8 Å². The zero-order chi connectivity index (χ0) is 26.8. The van der Waals surface area contributed by atoms with Gasteiger partial charge in [0.1, 0.15) is 17.5 Å². The van der Waals surface area contributed by atoms with E-state index < -0.39 is 6.04 Å². The van der Waals surface area contributed by atoms with Crippen molar-refractivity contribution in [3.05, 3.63) is 70.3 Å². The minimum atomic E-state index is -0.418. The van der Waals surface area contributed by atoms with Crippen LogP contribution in [-0.2, 0) is 11.3 Å². The van der Waals surface area contributed by atoms with Gasteiger partial charge in [0.05, 0.1) is 26.9 Å². The number of H-pyrrole nitrogens is 1. The van der Waals surface area contributed by atoms with Crippen LogP contribution in [0, 0.1) is 0 Å². The van der Waals surface area contributed by atoms with Crippen LogP contribution in [0.5, 0.6) is 11.5 Å². The van der Waals surface area contributed by atoms with Gasteiger partial charge in [-0.1, -0.05) is 0 Å². The fraction of sp³-hybridized carbons (Fsp3) is 0.429. The van der Waals surface area contributed by atoms with E-state index in [1.54, 1.807) is 14.2 Å². The first-order valence-electron chi connectivity index (χ1n) is 13.3. The van der Waals surface area contributed by atoms with Crippen LogP contribution in [-0.4, -0.2) is 83.2 Å². The Morgan fingerprint density at radius 2 is 1.79 bits per heavy atom. The third-order valence-electron chi connectivity index (χ3n) is 7.70. The Kier molecular flexibility index (Phi) is 7.16. The van der Waals surface area contributed by atoms with Crippen molar-refractivity contribution in [2.75, 3.05) is 51.9 Å². The summed E-state index contributed by atoms with van der Waals surface area (Å²) >= 11 is 0. The Labute approximate surface area is 226 Å². The molecule has 0 unspecified atom stereocenters. The molecule has 4 aromatic rings. The molecule has 0 saturated carbocycles. The number of ether oxygens (including phenoxy) is 3. The van der Waals surface area contributed by atoms with Gasteiger partial charge in [-0.3, -0.25) is 9.69 Å². The molecule has 0 radical (unpaired) electrons. The second-order valence-corrected chi connectivity index (χ2v) is 9.98. The van der Waals surface area contributed by atoms with Gasteiger partial charge in [-0.2, -0.15) is 0 Å². The van der Waals surface area contributed by atoms with Crippen molar-refractivity contribution in [2.24, 2.45) is 0 Å². The lowest BCUT2D eigenvalue weighted by atomic mass is 10.0. The third kappa shape index (κ3) is 5.19. The molecule has 2 aliphatic rings. The lowest BCUT2D eigenvalue weighted by Gasteiger charge is -2.39. The second-order valence-electron chi connectivity index (χ2n) is 9.98. The molecule has 0 aliphatic carbocycles. The van der Waals surface area contributed by atoms with Crippen LogP contribution in [0.15, 0.2) is 53.3 Å². The van der Waals surface area contributed by atoms with E-state index in [0.29, 0.717) is 17.9 Å². The van der Waals surface area contributed by atoms with Gasteiger partial charge in [0.25, 0.3) is 5.56 Å². The maximum atomic E-state index is 13.5. The van der Waals surface area contributed by atoms with E-state index in [0.717, 1.165) is 73.7 Å². The molecular formula is C28H33N7O4. The standard InChI is InChI=1S/C28H33N7O4/c1-37-21-7-5-20(6-8-21)33-11-13-34(14-12-33)26(27-30-31-32-35(27)18-23-4-3-15-39-23)24-17-19-16-22(38-2)9-10-25(19)29-28(24)36/h5-10,16-17,23,26H,3-4,11-15,18H2,1-2H3,(H,29,36)/t23-,26-/m0/s1. The van der Waals surface area contributed by atoms with Gasteiger partial charge in [0.2, 0.25) is 0 Å². The molecule has 2 aromatic heterocycles. The summed E-state index contributed by atoms with van der Waals surface area (Å²) in [5.41, 5.74) is 2.36. The maximum absolute atomic E-state index is 13.5. The molecule has 0 bridgehead atoms. The molecule has 4 heterocycles. The minimum Gasteiger partial charge on any atom is -0.497 e. The van der Waals surface area contributed by atoms with Crippen molar-refractivity contribution in [1.82, 2.24) is 30.1 Å². The number of anilines is 1. The van der Waals surface area contributed by atoms with E-state index in [2.05, 4.69) is 42.4 Å². The number of benzene rings is 2. The first-order valence-corrected chi connectivity index (χ1v) is 13.3. The van der Waals surface area contributed by atoms with Crippen molar-refractivity contribution in [3.8, 4) is 11.5 Å². The normalized spacial score (nSPS) is 18.9. The number of hydrogen-bond donors (Lipinski definition) is 1. The number of hydrogen-bond acceptors (Lipinski definition) is 9. The summed E-state index contributed by atoms with van der Waals surface area (Å²) in [4.78, 5) is 21.2. The largest absolute Gasteiger partial charge is 0.497 e. The predicted molar refractivity (Wildman–Crippen MR) is 147 cm³/mol. The van der Waals surface area contributed by atoms with Crippen molar-refractivity contribution >= 4 is 16.6 Å². The number of rotatable bonds is 8. The van der Waals surface area contributed by atoms with Gasteiger partial charge in [-0.25, -0.2) is 4.68 Å². The lowest BCUT2D eigenvalue weighted by Crippen LogP contribution is -2.49. The quantitative estimate of drug-likeness (QED) is 0.367. The summed E-state index contributed by atoms with van der Waals surface area (Å²) < 4.78 is 18.4. The SMILES string of the molecule is COc1ccc(N2CCN([C@@H](c3cc4cc(OC)ccc4[nH]c3=O)c3nnnn3C[C@@H]3CCCO3)CC2)cc1. The lowest BCUT2D eigenvalue weighted by molar-refractivity contribution is 0.0906. The van der Waals surface area contributed by atoms with Crippen molar-refractivity contribution in [2.45, 2.75) is 31.5 Å². The fourth-order valence-corrected chi connectivity index (χ4v) is 5.58. The van der Waals surface area contributed by atoms with E-state index in [9.17, 15) is 4.79 Å². The summed E-state index contributed by atoms with van der Waals surface area (Å²) in [6.07, 6.45) is 2.07. The summed E-state index contributed by atoms with van der Waals surface area (Å²) in [6, 6.07) is 15.3. The number of piperazine rings is 1. The van der Waals surface area contributed by atoms with Gasteiger partial charge in [0.15, 0.2) is 5.82 Å². The minimum absolute atomic E-state index is 0.0685. The maximum Gasteiger partial charge on any atom is 0.253 e. The van der Waals surface area contributed by atoms with Crippen molar-refractivity contribution < 1.29 is 14.2 Å². The molecule has 2 aliphatic heterocycles. The number of methoxy groups -OCH3 is 2. The van der Waals surface area contributed by atoms with Gasteiger partial charge >= 0.3 is 0 Å². The third-order valence-corrected chi connectivity index (χ3v) is 7.70. The Bertz CT molecular complexity index is 1470. The van der Waals surface area contributed by atoms with Crippen LogP contribution in [0.3, 0.4) is 0 Å². The zero-order valence-electron chi connectivity index (χ0n) is 22.2. The molecule has 1 N–H and O–H groups in total. The number of pyridine rings is 1. The molecule has 2 fully saturated rings. The van der Waals surface area contributed by atoms with E-state index in [-0.39, 0.29) is 11.7 Å². The molecule has 2 saturated heterocycles. The van der Waals surface area contributed by atoms with Crippen LogP contribution in [0.1, 0.15) is 30.3 Å². The van der Waals surface area contributed by atoms with Crippen LogP contribution in [0.4, 0.5) is 5.69 Å². The summed E-state index contributed by atoms with van der Waals surface area (Å²) in [7, 11) is 3.31. The van der Waals surface area contributed by atoms with Crippen molar-refractivity contribution in [3.63, 3.8) is 0 Å². The molecule has 2 atom stereocenters. The van der Waals surface area contributed by atoms with Gasteiger partial charge < -0.3 is 24.1 Å². The smallest absolute Gasteiger partial charge is 0.253 e. The highest BCUT2D eigenvalue weighted by molar-refractivity contribution is 5.80. The van der Waals surface area contributed by atoms with E-state index in [1.807, 2.05) is 41.1 Å². The Morgan fingerprint density at radius 1 is 1.03 bits per heavy atom. The highest BCUT2D eigenvalue weighted by atomic mass is 16.5. The van der Waals surface area contributed by atoms with Crippen LogP contribution in [0.25, 0.3) is 10.9 Å². The topological polar surface area (TPSA) is 111 Å². The summed E-state index contributed by atoms with van der Waals surface area (Å²) in [5.74, 6) is 2.22. The Hall–Kier alpha value is -3.96. The van der Waals surface area contributed by atoms with Gasteiger partial charge in [0, 0.05) is 54.9 Å². The fourth-order valence-electron chi connectivity index (χ4n) is 5.58. The monoisotopic (exact) mass is 531 g/mol. The Balaban J connectivity index is 1.35. The van der Waals surface area contributed by atoms with Crippen LogP contribution < -0.4 is 19.9 Å². The van der Waals surface area contributed by atoms with E-state index in [1.165, 1.54) is 0 Å². The zero-order valence-corrected chi connectivity index (χ0v) is 22.2. The molecule has 39 heavy (non-hydrogen) atoms.